The lowest BCUT2D eigenvalue weighted by Crippen LogP contribution is -2.00. The number of ether oxygens (including phenoxy) is 2. The second kappa shape index (κ2) is 7.53. The summed E-state index contributed by atoms with van der Waals surface area (Å²) < 4.78 is 23.7. The van der Waals surface area contributed by atoms with Gasteiger partial charge in [-0.15, -0.1) is 11.3 Å². The second-order valence-corrected chi connectivity index (χ2v) is 6.68. The van der Waals surface area contributed by atoms with Crippen LogP contribution >= 0.6 is 11.3 Å². The smallest absolute Gasteiger partial charge is 0.183 e. The van der Waals surface area contributed by atoms with Crippen LogP contribution in [0.2, 0.25) is 0 Å². The zero-order chi connectivity index (χ0) is 17.8. The van der Waals surface area contributed by atoms with E-state index in [1.807, 2.05) is 25.1 Å². The first-order valence-corrected chi connectivity index (χ1v) is 8.60. The molecule has 0 bridgehead atoms. The van der Waals surface area contributed by atoms with Gasteiger partial charge in [-0.25, -0.2) is 9.37 Å². The van der Waals surface area contributed by atoms with Crippen LogP contribution in [0, 0.1) is 12.7 Å². The third kappa shape index (κ3) is 3.91. The molecule has 6 heteroatoms. The third-order valence-corrected chi connectivity index (χ3v) is 4.73. The van der Waals surface area contributed by atoms with Crippen LogP contribution in [0.5, 0.6) is 11.5 Å². The SMILES string of the molecule is COc1ccc(CNc2nc(-c3ccc(F)cc3)c(C)s2)cc1OC. The first-order chi connectivity index (χ1) is 12.1. The number of nitrogens with one attached hydrogen (secondary N) is 1. The monoisotopic (exact) mass is 358 g/mol. The fourth-order valence-corrected chi connectivity index (χ4v) is 3.35. The number of rotatable bonds is 6. The van der Waals surface area contributed by atoms with E-state index in [2.05, 4.69) is 10.3 Å². The van der Waals surface area contributed by atoms with Gasteiger partial charge in [-0.05, 0) is 48.9 Å². The van der Waals surface area contributed by atoms with Crippen molar-refractivity contribution in [2.45, 2.75) is 13.5 Å². The molecule has 0 radical (unpaired) electrons. The van der Waals surface area contributed by atoms with Crippen LogP contribution in [0.15, 0.2) is 42.5 Å². The summed E-state index contributed by atoms with van der Waals surface area (Å²) in [5.74, 6) is 1.16. The third-order valence-electron chi connectivity index (χ3n) is 3.81. The molecule has 1 N–H and O–H groups in total. The Morgan fingerprint density at radius 2 is 1.76 bits per heavy atom. The molecule has 0 aliphatic heterocycles. The molecule has 25 heavy (non-hydrogen) atoms. The van der Waals surface area contributed by atoms with Crippen molar-refractivity contribution in [1.82, 2.24) is 4.98 Å². The van der Waals surface area contributed by atoms with Crippen LogP contribution in [-0.2, 0) is 6.54 Å². The summed E-state index contributed by atoms with van der Waals surface area (Å²) in [6, 6.07) is 12.2. The van der Waals surface area contributed by atoms with Gasteiger partial charge in [0, 0.05) is 17.0 Å². The van der Waals surface area contributed by atoms with E-state index in [1.165, 1.54) is 12.1 Å². The number of halogens is 1. The number of aromatic nitrogens is 1. The van der Waals surface area contributed by atoms with Gasteiger partial charge in [0.1, 0.15) is 5.82 Å². The van der Waals surface area contributed by atoms with E-state index < -0.39 is 0 Å². The van der Waals surface area contributed by atoms with Gasteiger partial charge in [0.15, 0.2) is 16.6 Å². The molecule has 2 aromatic carbocycles. The van der Waals surface area contributed by atoms with Crippen LogP contribution in [0.3, 0.4) is 0 Å². The summed E-state index contributed by atoms with van der Waals surface area (Å²) in [6.07, 6.45) is 0. The lowest BCUT2D eigenvalue weighted by molar-refractivity contribution is 0.354. The molecule has 0 aliphatic rings. The van der Waals surface area contributed by atoms with Crippen molar-refractivity contribution >= 4 is 16.5 Å². The number of aryl methyl sites for hydroxylation is 1. The molecule has 3 aromatic rings. The molecule has 0 unspecified atom stereocenters. The van der Waals surface area contributed by atoms with Gasteiger partial charge in [-0.1, -0.05) is 6.07 Å². The number of nitrogens with zero attached hydrogens (tertiary/aromatic N) is 1. The van der Waals surface area contributed by atoms with Crippen molar-refractivity contribution in [2.24, 2.45) is 0 Å². The van der Waals surface area contributed by atoms with Gasteiger partial charge >= 0.3 is 0 Å². The minimum atomic E-state index is -0.247. The van der Waals surface area contributed by atoms with Crippen LogP contribution in [0.4, 0.5) is 9.52 Å². The average Bonchev–Trinajstić information content (AvgIpc) is 3.01. The quantitative estimate of drug-likeness (QED) is 0.681. The van der Waals surface area contributed by atoms with Crippen molar-refractivity contribution in [1.29, 1.82) is 0 Å². The summed E-state index contributed by atoms with van der Waals surface area (Å²) in [7, 11) is 3.24. The Morgan fingerprint density at radius 1 is 1.04 bits per heavy atom. The van der Waals surface area contributed by atoms with E-state index in [0.29, 0.717) is 18.0 Å². The minimum Gasteiger partial charge on any atom is -0.493 e. The molecule has 0 spiro atoms. The maximum Gasteiger partial charge on any atom is 0.183 e. The molecule has 0 saturated heterocycles. The van der Waals surface area contributed by atoms with Crippen molar-refractivity contribution in [3.63, 3.8) is 0 Å². The molecule has 1 aromatic heterocycles. The Kier molecular flexibility index (Phi) is 5.19. The highest BCUT2D eigenvalue weighted by Crippen LogP contribution is 2.31. The average molecular weight is 358 g/mol. The maximum atomic E-state index is 13.1. The summed E-state index contributed by atoms with van der Waals surface area (Å²) in [5.41, 5.74) is 2.85. The van der Waals surface area contributed by atoms with Gasteiger partial charge in [-0.2, -0.15) is 0 Å². The predicted molar refractivity (Wildman–Crippen MR) is 99.1 cm³/mol. The standard InChI is InChI=1S/C19H19FN2O2S/c1-12-18(14-5-7-15(20)8-6-14)22-19(25-12)21-11-13-4-9-16(23-2)17(10-13)24-3/h4-10H,11H2,1-3H3,(H,21,22). The molecule has 4 nitrogen and oxygen atoms in total. The molecule has 1 heterocycles. The zero-order valence-corrected chi connectivity index (χ0v) is 15.1. The fourth-order valence-electron chi connectivity index (χ4n) is 2.52. The highest BCUT2D eigenvalue weighted by atomic mass is 32.1. The Morgan fingerprint density at radius 3 is 2.44 bits per heavy atom. The molecule has 0 aliphatic carbocycles. The highest BCUT2D eigenvalue weighted by Gasteiger charge is 2.10. The fraction of sp³-hybridized carbons (Fsp3) is 0.211. The summed E-state index contributed by atoms with van der Waals surface area (Å²) in [4.78, 5) is 5.71. The van der Waals surface area contributed by atoms with Crippen LogP contribution in [0.25, 0.3) is 11.3 Å². The maximum absolute atomic E-state index is 13.1. The minimum absolute atomic E-state index is 0.247. The van der Waals surface area contributed by atoms with Crippen LogP contribution in [0.1, 0.15) is 10.4 Å². The number of hydrogen-bond acceptors (Lipinski definition) is 5. The van der Waals surface area contributed by atoms with Crippen LogP contribution < -0.4 is 14.8 Å². The number of anilines is 1. The van der Waals surface area contributed by atoms with Crippen molar-refractivity contribution < 1.29 is 13.9 Å². The molecule has 0 amide bonds. The molecular formula is C19H19FN2O2S. The molecular weight excluding hydrogens is 339 g/mol. The van der Waals surface area contributed by atoms with Gasteiger partial charge in [0.25, 0.3) is 0 Å². The molecule has 0 atom stereocenters. The Balaban J connectivity index is 1.74. The van der Waals surface area contributed by atoms with E-state index in [0.717, 1.165) is 26.8 Å². The van der Waals surface area contributed by atoms with Gasteiger partial charge in [0.2, 0.25) is 0 Å². The summed E-state index contributed by atoms with van der Waals surface area (Å²) in [6.45, 7) is 2.63. The van der Waals surface area contributed by atoms with E-state index >= 15 is 0 Å². The Labute approximate surface area is 150 Å². The van der Waals surface area contributed by atoms with E-state index in [4.69, 9.17) is 9.47 Å². The largest absolute Gasteiger partial charge is 0.493 e. The normalized spacial score (nSPS) is 10.6. The Bertz CT molecular complexity index is 862. The predicted octanol–water partition coefficient (Wildman–Crippen LogP) is 4.89. The Hall–Kier alpha value is -2.60. The van der Waals surface area contributed by atoms with Gasteiger partial charge in [-0.3, -0.25) is 0 Å². The van der Waals surface area contributed by atoms with Gasteiger partial charge in [0.05, 0.1) is 19.9 Å². The lowest BCUT2D eigenvalue weighted by atomic mass is 10.1. The van der Waals surface area contributed by atoms with Crippen molar-refractivity contribution in [3.8, 4) is 22.8 Å². The topological polar surface area (TPSA) is 43.4 Å². The summed E-state index contributed by atoms with van der Waals surface area (Å²) >= 11 is 1.58. The molecule has 3 rings (SSSR count). The zero-order valence-electron chi connectivity index (χ0n) is 14.3. The number of hydrogen-bond donors (Lipinski definition) is 1. The van der Waals surface area contributed by atoms with Gasteiger partial charge < -0.3 is 14.8 Å². The number of methoxy groups -OCH3 is 2. The van der Waals surface area contributed by atoms with Crippen molar-refractivity contribution in [3.05, 3.63) is 58.7 Å². The van der Waals surface area contributed by atoms with Crippen LogP contribution in [-0.4, -0.2) is 19.2 Å². The van der Waals surface area contributed by atoms with E-state index in [-0.39, 0.29) is 5.82 Å². The molecule has 0 saturated carbocycles. The highest BCUT2D eigenvalue weighted by molar-refractivity contribution is 7.16. The number of benzene rings is 2. The lowest BCUT2D eigenvalue weighted by Gasteiger charge is -2.09. The first-order valence-electron chi connectivity index (χ1n) is 7.79. The summed E-state index contributed by atoms with van der Waals surface area (Å²) in [5, 5.41) is 4.15. The second-order valence-electron chi connectivity index (χ2n) is 5.47. The van der Waals surface area contributed by atoms with E-state index in [9.17, 15) is 4.39 Å². The van der Waals surface area contributed by atoms with E-state index in [1.54, 1.807) is 37.7 Å². The number of thiazole rings is 1. The van der Waals surface area contributed by atoms with Crippen molar-refractivity contribution in [2.75, 3.05) is 19.5 Å². The molecule has 0 fully saturated rings. The molecule has 130 valence electrons. The first kappa shape index (κ1) is 17.2.